The molecule has 0 spiro atoms. The lowest BCUT2D eigenvalue weighted by Crippen LogP contribution is -2.04. The van der Waals surface area contributed by atoms with E-state index < -0.39 is 5.78 Å². The topological polar surface area (TPSA) is 95.9 Å². The highest BCUT2D eigenvalue weighted by Crippen LogP contribution is 2.36. The molecule has 11 heteroatoms. The Labute approximate surface area is 208 Å². The number of ketones is 1. The first-order valence-electron chi connectivity index (χ1n) is 9.91. The van der Waals surface area contributed by atoms with Gasteiger partial charge in [0.15, 0.2) is 0 Å². The molecule has 0 amide bonds. The van der Waals surface area contributed by atoms with Crippen molar-refractivity contribution < 1.29 is 13.9 Å². The predicted molar refractivity (Wildman–Crippen MR) is 128 cm³/mol. The molecule has 3 heterocycles. The van der Waals surface area contributed by atoms with Gasteiger partial charge in [-0.3, -0.25) is 4.79 Å². The minimum atomic E-state index is -0.523. The van der Waals surface area contributed by atoms with Crippen LogP contribution in [-0.2, 0) is 6.54 Å². The van der Waals surface area contributed by atoms with Crippen LogP contribution in [-0.4, -0.2) is 37.9 Å². The summed E-state index contributed by atoms with van der Waals surface area (Å²) in [4.78, 5) is 13.5. The molecule has 3 aromatic heterocycles. The molecule has 0 unspecified atom stereocenters. The number of hydrogen-bond acceptors (Lipinski definition) is 7. The number of carbonyl (C=O) groups excluding carboxylic acids is 1. The number of benzene rings is 2. The van der Waals surface area contributed by atoms with Gasteiger partial charge >= 0.3 is 0 Å². The van der Waals surface area contributed by atoms with Gasteiger partial charge < -0.3 is 13.7 Å². The Kier molecular flexibility index (Phi) is 5.95. The van der Waals surface area contributed by atoms with Crippen LogP contribution < -0.4 is 4.74 Å². The van der Waals surface area contributed by atoms with Crippen molar-refractivity contribution in [3.63, 3.8) is 0 Å². The smallest absolute Gasteiger partial charge is 0.289 e. The average molecular weight is 515 g/mol. The van der Waals surface area contributed by atoms with Crippen molar-refractivity contribution in [1.82, 2.24) is 25.0 Å². The van der Waals surface area contributed by atoms with Gasteiger partial charge in [-0.1, -0.05) is 40.9 Å². The van der Waals surface area contributed by atoms with Crippen LogP contribution in [0.4, 0.5) is 0 Å². The molecule has 0 radical (unpaired) electrons. The lowest BCUT2D eigenvalue weighted by Gasteiger charge is -2.10. The zero-order valence-electron chi connectivity index (χ0n) is 17.5. The molecule has 0 saturated carbocycles. The number of methoxy groups -OCH3 is 1. The molecule has 0 aliphatic carbocycles. The number of rotatable bonds is 6. The Morgan fingerprint density at radius 3 is 2.65 bits per heavy atom. The van der Waals surface area contributed by atoms with E-state index in [1.807, 2.05) is 12.1 Å². The third-order valence-corrected chi connectivity index (χ3v) is 6.21. The van der Waals surface area contributed by atoms with E-state index in [9.17, 15) is 4.79 Å². The van der Waals surface area contributed by atoms with Crippen molar-refractivity contribution in [2.24, 2.45) is 0 Å². The number of ether oxygens (including phenoxy) is 1. The van der Waals surface area contributed by atoms with Gasteiger partial charge in [-0.05, 0) is 42.0 Å². The Morgan fingerprint density at radius 1 is 1.06 bits per heavy atom. The van der Waals surface area contributed by atoms with Crippen molar-refractivity contribution in [1.29, 1.82) is 0 Å². The van der Waals surface area contributed by atoms with Gasteiger partial charge in [0, 0.05) is 15.4 Å². The highest BCUT2D eigenvalue weighted by molar-refractivity contribution is 6.37. The quantitative estimate of drug-likeness (QED) is 0.267. The summed E-state index contributed by atoms with van der Waals surface area (Å²) in [6.07, 6.45) is 2.95. The van der Waals surface area contributed by atoms with Gasteiger partial charge in [-0.15, -0.1) is 10.2 Å². The van der Waals surface area contributed by atoms with Gasteiger partial charge in [0.1, 0.15) is 10.9 Å². The fourth-order valence-electron chi connectivity index (χ4n) is 3.58. The Balaban J connectivity index is 1.62. The molecule has 0 N–H and O–H groups in total. The van der Waals surface area contributed by atoms with Crippen LogP contribution in [0, 0.1) is 0 Å². The van der Waals surface area contributed by atoms with Crippen molar-refractivity contribution in [3.8, 4) is 17.2 Å². The van der Waals surface area contributed by atoms with E-state index in [1.165, 1.54) is 12.4 Å². The van der Waals surface area contributed by atoms with Crippen LogP contribution in [0.2, 0.25) is 15.2 Å². The first-order chi connectivity index (χ1) is 16.5. The second kappa shape index (κ2) is 9.06. The first kappa shape index (κ1) is 22.3. The lowest BCUT2D eigenvalue weighted by atomic mass is 10.1. The summed E-state index contributed by atoms with van der Waals surface area (Å²) in [5.74, 6) is -0.0253. The Bertz CT molecular complexity index is 1530. The summed E-state index contributed by atoms with van der Waals surface area (Å²) in [5.41, 5.74) is 2.24. The van der Waals surface area contributed by atoms with E-state index in [1.54, 1.807) is 42.0 Å². The standard InChI is InChI=1S/C23H14Cl3N5O3/c1-33-15-4-5-18-16(9-15)19(21(26)31(18)11-13-2-3-14(24)8-17(13)25)20(32)23-30-29-22(34-23)12-6-7-27-28-10-12/h2-10H,11H2,1H3. The molecule has 170 valence electrons. The van der Waals surface area contributed by atoms with Crippen LogP contribution >= 0.6 is 34.8 Å². The molecule has 0 bridgehead atoms. The number of fused-ring (bicyclic) bond motifs is 1. The maximum Gasteiger partial charge on any atom is 0.289 e. The first-order valence-corrected chi connectivity index (χ1v) is 11.0. The molecular weight excluding hydrogens is 501 g/mol. The van der Waals surface area contributed by atoms with Crippen molar-refractivity contribution >= 4 is 51.5 Å². The summed E-state index contributed by atoms with van der Waals surface area (Å²) in [5, 5.41) is 17.2. The third kappa shape index (κ3) is 4.00. The molecule has 0 aliphatic rings. The van der Waals surface area contributed by atoms with E-state index in [2.05, 4.69) is 20.4 Å². The molecule has 0 saturated heterocycles. The summed E-state index contributed by atoms with van der Waals surface area (Å²) < 4.78 is 12.8. The highest BCUT2D eigenvalue weighted by atomic mass is 35.5. The summed E-state index contributed by atoms with van der Waals surface area (Å²) in [6, 6.07) is 12.2. The molecule has 8 nitrogen and oxygen atoms in total. The lowest BCUT2D eigenvalue weighted by molar-refractivity contribution is 0.100. The second-order valence-electron chi connectivity index (χ2n) is 7.24. The monoisotopic (exact) mass is 513 g/mol. The van der Waals surface area contributed by atoms with Crippen molar-refractivity contribution in [3.05, 3.63) is 87.1 Å². The number of halogens is 3. The van der Waals surface area contributed by atoms with Gasteiger partial charge in [0.2, 0.25) is 5.89 Å². The second-order valence-corrected chi connectivity index (χ2v) is 8.45. The molecule has 5 aromatic rings. The number of aromatic nitrogens is 5. The zero-order valence-corrected chi connectivity index (χ0v) is 19.8. The summed E-state index contributed by atoms with van der Waals surface area (Å²) >= 11 is 19.2. The number of carbonyl (C=O) groups is 1. The molecule has 0 aliphatic heterocycles. The fraction of sp³-hybridized carbons (Fsp3) is 0.0870. The van der Waals surface area contributed by atoms with E-state index in [0.29, 0.717) is 38.8 Å². The van der Waals surface area contributed by atoms with Crippen LogP contribution in [0.3, 0.4) is 0 Å². The largest absolute Gasteiger partial charge is 0.497 e. The van der Waals surface area contributed by atoms with Crippen molar-refractivity contribution in [2.75, 3.05) is 7.11 Å². The van der Waals surface area contributed by atoms with Crippen LogP contribution in [0.15, 0.2) is 59.3 Å². The summed E-state index contributed by atoms with van der Waals surface area (Å²) in [6.45, 7) is 0.308. The van der Waals surface area contributed by atoms with Crippen molar-refractivity contribution in [2.45, 2.75) is 6.54 Å². The van der Waals surface area contributed by atoms with Gasteiger partial charge in [0.05, 0.1) is 42.7 Å². The zero-order chi connectivity index (χ0) is 23.8. The predicted octanol–water partition coefficient (Wildman–Crippen LogP) is 5.73. The average Bonchev–Trinajstić information content (AvgIpc) is 3.44. The minimum Gasteiger partial charge on any atom is -0.497 e. The van der Waals surface area contributed by atoms with Crippen LogP contribution in [0.5, 0.6) is 5.75 Å². The van der Waals surface area contributed by atoms with E-state index in [-0.39, 0.29) is 22.5 Å². The molecule has 34 heavy (non-hydrogen) atoms. The maximum atomic E-state index is 13.5. The number of nitrogens with zero attached hydrogens (tertiary/aromatic N) is 5. The van der Waals surface area contributed by atoms with Gasteiger partial charge in [-0.25, -0.2) is 0 Å². The molecule has 2 aromatic carbocycles. The minimum absolute atomic E-state index is 0.142. The fourth-order valence-corrected chi connectivity index (χ4v) is 4.38. The van der Waals surface area contributed by atoms with Gasteiger partial charge in [-0.2, -0.15) is 10.2 Å². The third-order valence-electron chi connectivity index (χ3n) is 5.23. The Hall–Kier alpha value is -3.46. The Morgan fingerprint density at radius 2 is 1.91 bits per heavy atom. The van der Waals surface area contributed by atoms with E-state index >= 15 is 0 Å². The molecule has 5 rings (SSSR count). The van der Waals surface area contributed by atoms with Gasteiger partial charge in [0.25, 0.3) is 11.7 Å². The SMILES string of the molecule is COc1ccc2c(c1)c(C(=O)c1nnc(-c3ccnnc3)o1)c(Cl)n2Cc1ccc(Cl)cc1Cl. The highest BCUT2D eigenvalue weighted by Gasteiger charge is 2.27. The molecule has 0 atom stereocenters. The number of hydrogen-bond donors (Lipinski definition) is 0. The van der Waals surface area contributed by atoms with Crippen LogP contribution in [0.25, 0.3) is 22.4 Å². The summed E-state index contributed by atoms with van der Waals surface area (Å²) in [7, 11) is 1.54. The normalized spacial score (nSPS) is 11.2. The van der Waals surface area contributed by atoms with E-state index in [0.717, 1.165) is 5.56 Å². The molecular formula is C23H14Cl3N5O3. The maximum absolute atomic E-state index is 13.5. The molecule has 0 fully saturated rings. The van der Waals surface area contributed by atoms with E-state index in [4.69, 9.17) is 44.0 Å². The van der Waals surface area contributed by atoms with Crippen LogP contribution in [0.1, 0.15) is 21.8 Å².